The minimum absolute atomic E-state index is 0.375. The number of halogens is 3. The molecule has 0 amide bonds. The van der Waals surface area contributed by atoms with Gasteiger partial charge in [0, 0.05) is 18.1 Å². The van der Waals surface area contributed by atoms with Crippen LogP contribution in [0.15, 0.2) is 45.6 Å². The van der Waals surface area contributed by atoms with E-state index in [4.69, 9.17) is 5.73 Å². The topological polar surface area (TPSA) is 88.0 Å². The molecule has 1 aliphatic heterocycles. The zero-order valence-corrected chi connectivity index (χ0v) is 12.2. The van der Waals surface area contributed by atoms with Crippen LogP contribution in [-0.4, -0.2) is 35.2 Å². The van der Waals surface area contributed by atoms with Crippen LogP contribution in [0, 0.1) is 6.92 Å². The quantitative estimate of drug-likeness (QED) is 0.655. The average molecular weight is 324 g/mol. The highest BCUT2D eigenvalue weighted by Gasteiger charge is 2.34. The number of pyridine rings is 1. The molecule has 2 rings (SSSR count). The smallest absolute Gasteiger partial charge is 0.380 e. The molecule has 0 fully saturated rings. The summed E-state index contributed by atoms with van der Waals surface area (Å²) in [4.78, 5) is 15.7. The highest BCUT2D eigenvalue weighted by Crippen LogP contribution is 2.15. The molecule has 2 heterocycles. The van der Waals surface area contributed by atoms with Gasteiger partial charge in [0.2, 0.25) is 5.84 Å². The summed E-state index contributed by atoms with van der Waals surface area (Å²) in [5.74, 6) is -1.01. The van der Waals surface area contributed by atoms with Gasteiger partial charge in [-0.25, -0.2) is 4.99 Å². The van der Waals surface area contributed by atoms with Crippen molar-refractivity contribution in [1.82, 2.24) is 10.3 Å². The molecule has 0 saturated carbocycles. The number of rotatable bonds is 3. The largest absolute Gasteiger partial charge is 0.448 e. The lowest BCUT2D eigenvalue weighted by atomic mass is 10.2. The minimum atomic E-state index is -4.67. The molecule has 122 valence electrons. The third-order valence-electron chi connectivity index (χ3n) is 2.95. The fourth-order valence-electron chi connectivity index (χ4n) is 1.69. The summed E-state index contributed by atoms with van der Waals surface area (Å²) in [5.41, 5.74) is 6.68. The van der Waals surface area contributed by atoms with E-state index in [1.165, 1.54) is 18.5 Å². The molecule has 0 spiro atoms. The average Bonchev–Trinajstić information content (AvgIpc) is 2.71. The van der Waals surface area contributed by atoms with Crippen LogP contribution in [0.5, 0.6) is 0 Å². The van der Waals surface area contributed by atoms with Crippen molar-refractivity contribution in [3.05, 3.63) is 41.9 Å². The summed E-state index contributed by atoms with van der Waals surface area (Å²) in [6.07, 6.45) is 0.0823. The molecule has 23 heavy (non-hydrogen) atoms. The first kappa shape index (κ1) is 16.7. The maximum Gasteiger partial charge on any atom is 0.448 e. The zero-order chi connectivity index (χ0) is 16.9. The van der Waals surface area contributed by atoms with E-state index in [1.54, 1.807) is 6.20 Å². The Labute approximate surface area is 130 Å². The highest BCUT2D eigenvalue weighted by atomic mass is 19.4. The number of nitrogens with one attached hydrogen (secondary N) is 1. The first-order valence-electron chi connectivity index (χ1n) is 6.68. The van der Waals surface area contributed by atoms with E-state index >= 15 is 0 Å². The normalized spacial score (nSPS) is 20.4. The molecule has 1 aliphatic rings. The van der Waals surface area contributed by atoms with Gasteiger partial charge in [-0.1, -0.05) is 6.07 Å². The van der Waals surface area contributed by atoms with Crippen molar-refractivity contribution in [2.45, 2.75) is 25.8 Å². The number of alkyl halides is 3. The molecule has 1 aromatic rings. The Morgan fingerprint density at radius 3 is 2.91 bits per heavy atom. The van der Waals surface area contributed by atoms with Crippen molar-refractivity contribution in [1.29, 1.82) is 0 Å². The molecular formula is C14H15F3N6. The van der Waals surface area contributed by atoms with Gasteiger partial charge in [0.25, 0.3) is 0 Å². The molecule has 9 heteroatoms. The molecule has 0 radical (unpaired) electrons. The number of hydrogen-bond donors (Lipinski definition) is 2. The highest BCUT2D eigenvalue weighted by molar-refractivity contribution is 6.29. The summed E-state index contributed by atoms with van der Waals surface area (Å²) in [7, 11) is 0. The molecule has 0 unspecified atom stereocenters. The number of amidine groups is 2. The Balaban J connectivity index is 2.08. The summed E-state index contributed by atoms with van der Waals surface area (Å²) >= 11 is 0. The monoisotopic (exact) mass is 324 g/mol. The van der Waals surface area contributed by atoms with Crippen LogP contribution in [-0.2, 0) is 6.54 Å². The molecule has 3 N–H and O–H groups in total. The maximum absolute atomic E-state index is 12.4. The number of aliphatic imine (C=N–C) groups is 3. The third kappa shape index (κ3) is 4.90. The number of nitrogens with two attached hydrogens (primary N) is 1. The van der Waals surface area contributed by atoms with Crippen LogP contribution in [0.4, 0.5) is 13.2 Å². The van der Waals surface area contributed by atoms with Gasteiger partial charge in [-0.15, -0.1) is 0 Å². The van der Waals surface area contributed by atoms with Gasteiger partial charge >= 0.3 is 6.18 Å². The Morgan fingerprint density at radius 1 is 1.43 bits per heavy atom. The van der Waals surface area contributed by atoms with Gasteiger partial charge in [-0.05, 0) is 24.6 Å². The van der Waals surface area contributed by atoms with Gasteiger partial charge in [0.05, 0.1) is 12.8 Å². The predicted molar refractivity (Wildman–Crippen MR) is 82.3 cm³/mol. The Hall–Kier alpha value is -2.71. The summed E-state index contributed by atoms with van der Waals surface area (Å²) in [5, 5.41) is 2.82. The Bertz CT molecular complexity index is 675. The van der Waals surface area contributed by atoms with Crippen LogP contribution in [0.25, 0.3) is 0 Å². The van der Waals surface area contributed by atoms with E-state index in [-0.39, 0.29) is 0 Å². The SMILES string of the molecule is Cc1ncccc1CN=C1C=N[C@H](/N=C(/N)C(F)(F)F)C=CN1. The lowest BCUT2D eigenvalue weighted by Crippen LogP contribution is -2.32. The van der Waals surface area contributed by atoms with Crippen molar-refractivity contribution < 1.29 is 13.2 Å². The summed E-state index contributed by atoms with van der Waals surface area (Å²) in [6.45, 7) is 2.25. The van der Waals surface area contributed by atoms with E-state index in [1.807, 2.05) is 19.1 Å². The summed E-state index contributed by atoms with van der Waals surface area (Å²) < 4.78 is 37.1. The predicted octanol–water partition coefficient (Wildman–Crippen LogP) is 1.72. The van der Waals surface area contributed by atoms with Gasteiger partial charge in [-0.3, -0.25) is 15.0 Å². The maximum atomic E-state index is 12.4. The second kappa shape index (κ2) is 7.03. The molecule has 6 nitrogen and oxygen atoms in total. The first-order chi connectivity index (χ1) is 10.9. The third-order valence-corrected chi connectivity index (χ3v) is 2.95. The van der Waals surface area contributed by atoms with E-state index in [0.29, 0.717) is 12.4 Å². The van der Waals surface area contributed by atoms with Gasteiger partial charge in [-0.2, -0.15) is 13.2 Å². The molecule has 0 saturated heterocycles. The number of nitrogens with zero attached hydrogens (tertiary/aromatic N) is 4. The molecule has 1 atom stereocenters. The van der Waals surface area contributed by atoms with E-state index in [0.717, 1.165) is 11.3 Å². The van der Waals surface area contributed by atoms with Gasteiger partial charge in [0.15, 0.2) is 6.17 Å². The van der Waals surface area contributed by atoms with Gasteiger partial charge in [0.1, 0.15) is 5.84 Å². The fraction of sp³-hybridized carbons (Fsp3) is 0.286. The Kier molecular flexibility index (Phi) is 5.09. The lowest BCUT2D eigenvalue weighted by Gasteiger charge is -2.06. The molecule has 0 bridgehead atoms. The minimum Gasteiger partial charge on any atom is -0.380 e. The van der Waals surface area contributed by atoms with Crippen molar-refractivity contribution in [3.8, 4) is 0 Å². The molecule has 0 aromatic carbocycles. The van der Waals surface area contributed by atoms with E-state index in [2.05, 4.69) is 25.3 Å². The van der Waals surface area contributed by atoms with Crippen LogP contribution in [0.1, 0.15) is 11.3 Å². The van der Waals surface area contributed by atoms with Crippen molar-refractivity contribution >= 4 is 17.9 Å². The number of aryl methyl sites for hydroxylation is 1. The lowest BCUT2D eigenvalue weighted by molar-refractivity contribution is -0.0601. The zero-order valence-electron chi connectivity index (χ0n) is 12.2. The van der Waals surface area contributed by atoms with Crippen LogP contribution in [0.3, 0.4) is 0 Å². The van der Waals surface area contributed by atoms with E-state index < -0.39 is 18.2 Å². The van der Waals surface area contributed by atoms with Crippen molar-refractivity contribution in [2.75, 3.05) is 0 Å². The van der Waals surface area contributed by atoms with Crippen LogP contribution >= 0.6 is 0 Å². The van der Waals surface area contributed by atoms with E-state index in [9.17, 15) is 13.2 Å². The molecule has 0 aliphatic carbocycles. The Morgan fingerprint density at radius 2 is 2.22 bits per heavy atom. The van der Waals surface area contributed by atoms with Crippen LogP contribution in [0.2, 0.25) is 0 Å². The standard InChI is InChI=1S/C14H15F3N6/c1-9-10(3-2-5-19-9)7-21-12-8-22-11(4-6-20-12)23-13(18)14(15,16)17/h2-6,8,11H,7H2,1H3,(H2,18,23)(H,20,21)/t11-/m1/s1. The first-order valence-corrected chi connectivity index (χ1v) is 6.68. The fourth-order valence-corrected chi connectivity index (χ4v) is 1.69. The second-order valence-electron chi connectivity index (χ2n) is 4.66. The molecule has 1 aromatic heterocycles. The van der Waals surface area contributed by atoms with Crippen molar-refractivity contribution in [3.63, 3.8) is 0 Å². The second-order valence-corrected chi connectivity index (χ2v) is 4.66. The molecular weight excluding hydrogens is 309 g/mol. The van der Waals surface area contributed by atoms with Crippen LogP contribution < -0.4 is 11.1 Å². The number of hydrogen-bond acceptors (Lipinski definition) is 4. The number of aromatic nitrogens is 1. The van der Waals surface area contributed by atoms with Crippen molar-refractivity contribution in [2.24, 2.45) is 20.7 Å². The summed E-state index contributed by atoms with van der Waals surface area (Å²) in [6, 6.07) is 3.70. The van der Waals surface area contributed by atoms with Gasteiger partial charge < -0.3 is 11.1 Å².